The smallest absolute Gasteiger partial charge is 0.217 e. The van der Waals surface area contributed by atoms with Gasteiger partial charge in [-0.15, -0.1) is 0 Å². The molecular weight excluding hydrogens is 358 g/mol. The Morgan fingerprint density at radius 1 is 0.923 bits per heavy atom. The van der Waals surface area contributed by atoms with Crippen molar-refractivity contribution in [1.29, 1.82) is 0 Å². The summed E-state index contributed by atoms with van der Waals surface area (Å²) in [5.41, 5.74) is 0. The Morgan fingerprint density at radius 2 is 1.54 bits per heavy atom. The molecule has 2 rings (SSSR count). The van der Waals surface area contributed by atoms with E-state index in [0.29, 0.717) is 0 Å². The van der Waals surface area contributed by atoms with Gasteiger partial charge in [0.25, 0.3) is 0 Å². The van der Waals surface area contributed by atoms with E-state index in [1.165, 1.54) is 6.92 Å². The van der Waals surface area contributed by atoms with Crippen LogP contribution in [0.3, 0.4) is 0 Å². The van der Waals surface area contributed by atoms with Crippen LogP contribution >= 0.6 is 0 Å². The molecule has 0 aliphatic carbocycles. The van der Waals surface area contributed by atoms with Gasteiger partial charge >= 0.3 is 0 Å². The highest BCUT2D eigenvalue weighted by molar-refractivity contribution is 5.73. The van der Waals surface area contributed by atoms with E-state index in [4.69, 9.17) is 14.2 Å². The Hall–Kier alpha value is -0.930. The highest BCUT2D eigenvalue weighted by Gasteiger charge is 2.47. The molecule has 2 aliphatic rings. The van der Waals surface area contributed by atoms with Crippen LogP contribution in [0.1, 0.15) is 6.92 Å². The van der Waals surface area contributed by atoms with Crippen LogP contribution in [0.2, 0.25) is 0 Å². The average Bonchev–Trinajstić information content (AvgIpc) is 2.60. The summed E-state index contributed by atoms with van der Waals surface area (Å²) in [5, 5.41) is 70.1. The summed E-state index contributed by atoms with van der Waals surface area (Å²) >= 11 is 0. The molecule has 12 nitrogen and oxygen atoms in total. The zero-order valence-electron chi connectivity index (χ0n) is 14.0. The number of amides is 1. The maximum atomic E-state index is 11.3. The van der Waals surface area contributed by atoms with Crippen molar-refractivity contribution >= 4 is 5.91 Å². The average molecular weight is 383 g/mol. The topological polar surface area (TPSA) is 198 Å². The quantitative estimate of drug-likeness (QED) is 0.226. The third-order valence-corrected chi connectivity index (χ3v) is 4.36. The Labute approximate surface area is 148 Å². The molecule has 2 saturated heterocycles. The van der Waals surface area contributed by atoms with Gasteiger partial charge in [0.2, 0.25) is 5.91 Å². The summed E-state index contributed by atoms with van der Waals surface area (Å²) < 4.78 is 15.7. The van der Waals surface area contributed by atoms with E-state index in [0.717, 1.165) is 0 Å². The van der Waals surface area contributed by atoms with E-state index >= 15 is 0 Å². The van der Waals surface area contributed by atoms with Gasteiger partial charge in [-0.05, 0) is 0 Å². The predicted octanol–water partition coefficient (Wildman–Crippen LogP) is -5.25. The number of ether oxygens (including phenoxy) is 3. The van der Waals surface area contributed by atoms with Crippen LogP contribution in [-0.2, 0) is 19.0 Å². The van der Waals surface area contributed by atoms with Crippen LogP contribution in [0, 0.1) is 0 Å². The van der Waals surface area contributed by atoms with Crippen LogP contribution in [0.5, 0.6) is 0 Å². The number of hydrogen-bond acceptors (Lipinski definition) is 11. The molecule has 10 atom stereocenters. The van der Waals surface area contributed by atoms with Gasteiger partial charge in [0.05, 0.1) is 13.2 Å². The fraction of sp³-hybridized carbons (Fsp3) is 0.929. The zero-order chi connectivity index (χ0) is 19.6. The van der Waals surface area contributed by atoms with Crippen LogP contribution in [0.25, 0.3) is 0 Å². The molecule has 2 fully saturated rings. The standard InChI is InChI=1S/C14H25NO11/c1-4(17)15-7-10(20)8(18)5(2-16)26-14(7)24-3-6-9(19)11(21)12(22)13(23)25-6/h5-14,16,18-23H,2-3H2,1H3,(H,15,17)/t5-,6-,7-,8-,9+,10-,11+,12-,13?,14-/m1/s1. The minimum Gasteiger partial charge on any atom is -0.394 e. The van der Waals surface area contributed by atoms with E-state index in [2.05, 4.69) is 5.32 Å². The SMILES string of the molecule is CC(=O)N[C@H]1[C@H](OC[C@H]2OC(O)[C@H](O)[C@@H](O)[C@H]2O)O[C@H](CO)[C@@H](O)[C@@H]1O. The van der Waals surface area contributed by atoms with Gasteiger partial charge in [0, 0.05) is 6.92 Å². The number of rotatable bonds is 5. The first-order valence-corrected chi connectivity index (χ1v) is 8.06. The number of aliphatic hydroxyl groups is 7. The second kappa shape index (κ2) is 8.84. The lowest BCUT2D eigenvalue weighted by Gasteiger charge is -2.43. The van der Waals surface area contributed by atoms with Crippen molar-refractivity contribution in [2.24, 2.45) is 0 Å². The zero-order valence-corrected chi connectivity index (χ0v) is 14.0. The molecule has 26 heavy (non-hydrogen) atoms. The fourth-order valence-corrected chi connectivity index (χ4v) is 2.87. The summed E-state index contributed by atoms with van der Waals surface area (Å²) in [4.78, 5) is 11.3. The molecule has 0 bridgehead atoms. The molecule has 0 spiro atoms. The largest absolute Gasteiger partial charge is 0.394 e. The van der Waals surface area contributed by atoms with Crippen LogP contribution < -0.4 is 5.32 Å². The monoisotopic (exact) mass is 383 g/mol. The summed E-state index contributed by atoms with van der Waals surface area (Å²) in [7, 11) is 0. The lowest BCUT2D eigenvalue weighted by molar-refractivity contribution is -0.311. The molecule has 1 amide bonds. The van der Waals surface area contributed by atoms with Gasteiger partial charge in [-0.3, -0.25) is 4.79 Å². The summed E-state index contributed by atoms with van der Waals surface area (Å²) in [6.45, 7) is 0.0944. The molecule has 2 aliphatic heterocycles. The predicted molar refractivity (Wildman–Crippen MR) is 80.2 cm³/mol. The third-order valence-electron chi connectivity index (χ3n) is 4.36. The van der Waals surface area contributed by atoms with Crippen LogP contribution in [0.4, 0.5) is 0 Å². The van der Waals surface area contributed by atoms with Crippen molar-refractivity contribution in [3.63, 3.8) is 0 Å². The maximum Gasteiger partial charge on any atom is 0.217 e. The molecule has 152 valence electrons. The van der Waals surface area contributed by atoms with Gasteiger partial charge in [0.1, 0.15) is 48.8 Å². The Morgan fingerprint density at radius 3 is 2.12 bits per heavy atom. The number of nitrogens with one attached hydrogen (secondary N) is 1. The molecular formula is C14H25NO11. The lowest BCUT2D eigenvalue weighted by Crippen LogP contribution is -2.65. The normalized spacial score (nSPS) is 46.8. The van der Waals surface area contributed by atoms with Crippen molar-refractivity contribution in [2.75, 3.05) is 13.2 Å². The van der Waals surface area contributed by atoms with Gasteiger partial charge in [-0.1, -0.05) is 0 Å². The van der Waals surface area contributed by atoms with Gasteiger partial charge in [0.15, 0.2) is 12.6 Å². The second-order valence-corrected chi connectivity index (χ2v) is 6.30. The Bertz CT molecular complexity index is 480. The molecule has 0 aromatic rings. The minimum atomic E-state index is -1.75. The first-order chi connectivity index (χ1) is 12.2. The summed E-state index contributed by atoms with van der Waals surface area (Å²) in [5.74, 6) is -0.538. The molecule has 0 saturated carbocycles. The van der Waals surface area contributed by atoms with E-state index < -0.39 is 80.5 Å². The van der Waals surface area contributed by atoms with E-state index in [9.17, 15) is 40.5 Å². The van der Waals surface area contributed by atoms with Crippen molar-refractivity contribution in [2.45, 2.75) is 68.3 Å². The van der Waals surface area contributed by atoms with Gasteiger partial charge in [-0.2, -0.15) is 0 Å². The Kier molecular flexibility index (Phi) is 7.27. The van der Waals surface area contributed by atoms with Gasteiger partial charge < -0.3 is 55.3 Å². The highest BCUT2D eigenvalue weighted by atomic mass is 16.7. The molecule has 2 heterocycles. The van der Waals surface area contributed by atoms with Crippen LogP contribution in [-0.4, -0.2) is 116 Å². The molecule has 8 N–H and O–H groups in total. The number of hydrogen-bond donors (Lipinski definition) is 8. The van der Waals surface area contributed by atoms with Crippen molar-refractivity contribution in [1.82, 2.24) is 5.32 Å². The van der Waals surface area contributed by atoms with Crippen molar-refractivity contribution in [3.05, 3.63) is 0 Å². The van der Waals surface area contributed by atoms with E-state index in [-0.39, 0.29) is 0 Å². The molecule has 0 aromatic carbocycles. The molecule has 0 radical (unpaired) electrons. The van der Waals surface area contributed by atoms with E-state index in [1.54, 1.807) is 0 Å². The summed E-state index contributed by atoms with van der Waals surface area (Å²) in [6.07, 6.45) is -13.5. The maximum absolute atomic E-state index is 11.3. The summed E-state index contributed by atoms with van der Waals surface area (Å²) in [6, 6.07) is -1.19. The van der Waals surface area contributed by atoms with Crippen molar-refractivity contribution in [3.8, 4) is 0 Å². The highest BCUT2D eigenvalue weighted by Crippen LogP contribution is 2.25. The third kappa shape index (κ3) is 4.48. The molecule has 1 unspecified atom stereocenters. The van der Waals surface area contributed by atoms with Crippen LogP contribution in [0.15, 0.2) is 0 Å². The number of carbonyl (C=O) groups is 1. The fourth-order valence-electron chi connectivity index (χ4n) is 2.87. The lowest BCUT2D eigenvalue weighted by atomic mass is 9.96. The number of carbonyl (C=O) groups excluding carboxylic acids is 1. The first-order valence-electron chi connectivity index (χ1n) is 8.06. The van der Waals surface area contributed by atoms with Gasteiger partial charge in [-0.25, -0.2) is 0 Å². The van der Waals surface area contributed by atoms with E-state index in [1.807, 2.05) is 0 Å². The van der Waals surface area contributed by atoms with Crippen molar-refractivity contribution < 1.29 is 54.8 Å². The first kappa shape index (κ1) is 21.4. The second-order valence-electron chi connectivity index (χ2n) is 6.30. The molecule has 12 heteroatoms. The Balaban J connectivity index is 2.05. The molecule has 0 aromatic heterocycles. The number of aliphatic hydroxyl groups excluding tert-OH is 7. The minimum absolute atomic E-state index is 0.455.